The number of carbonyl (C=O) groups is 1. The first-order valence-electron chi connectivity index (χ1n) is 5.87. The number of carboxylic acids is 1. The van der Waals surface area contributed by atoms with E-state index in [1.807, 2.05) is 13.0 Å². The lowest BCUT2D eigenvalue weighted by atomic mass is 10.1. The summed E-state index contributed by atoms with van der Waals surface area (Å²) in [4.78, 5) is 12.9. The number of hydrogen-bond acceptors (Lipinski definition) is 3. The first kappa shape index (κ1) is 14.0. The molecule has 0 bridgehead atoms. The second-order valence-electron chi connectivity index (χ2n) is 4.22. The molecule has 0 spiro atoms. The number of carboxylic acid groups (broad SMARTS) is 1. The molecule has 5 heteroatoms. The Bertz CT molecular complexity index is 446. The predicted molar refractivity (Wildman–Crippen MR) is 72.2 cm³/mol. The van der Waals surface area contributed by atoms with Crippen molar-refractivity contribution in [2.24, 2.45) is 5.73 Å². The van der Waals surface area contributed by atoms with Crippen LogP contribution in [0.5, 0.6) is 0 Å². The Balaban J connectivity index is 3.00. The maximum atomic E-state index is 11.2. The molecule has 0 unspecified atom stereocenters. The standard InChI is InChI=1S/C13H19N3O2/c1-3-5-11(13(17)18)16(2)10-7-4-6-9(8-10)12(14)15/h4,6-8,11H,3,5H2,1-2H3,(H3,14,15)(H,17,18)/t11-/m0/s1. The fourth-order valence-electron chi connectivity index (χ4n) is 1.83. The Morgan fingerprint density at radius 2 is 2.22 bits per heavy atom. The van der Waals surface area contributed by atoms with Gasteiger partial charge in [0.05, 0.1) is 0 Å². The fourth-order valence-corrected chi connectivity index (χ4v) is 1.83. The third-order valence-electron chi connectivity index (χ3n) is 2.88. The van der Waals surface area contributed by atoms with Crippen molar-refractivity contribution < 1.29 is 9.90 Å². The van der Waals surface area contributed by atoms with Gasteiger partial charge in [0, 0.05) is 18.3 Å². The molecule has 98 valence electrons. The van der Waals surface area contributed by atoms with E-state index in [0.29, 0.717) is 12.0 Å². The van der Waals surface area contributed by atoms with Crippen LogP contribution in [0.4, 0.5) is 5.69 Å². The summed E-state index contributed by atoms with van der Waals surface area (Å²) in [5, 5.41) is 16.6. The average molecular weight is 249 g/mol. The Kier molecular flexibility index (Phi) is 4.71. The van der Waals surface area contributed by atoms with Gasteiger partial charge in [-0.15, -0.1) is 0 Å². The minimum Gasteiger partial charge on any atom is -0.480 e. The van der Waals surface area contributed by atoms with E-state index in [1.165, 1.54) is 0 Å². The van der Waals surface area contributed by atoms with Crippen LogP contribution in [0.15, 0.2) is 24.3 Å². The molecule has 5 nitrogen and oxygen atoms in total. The predicted octanol–water partition coefficient (Wildman–Crippen LogP) is 1.66. The number of anilines is 1. The van der Waals surface area contributed by atoms with Crippen molar-refractivity contribution in [3.05, 3.63) is 29.8 Å². The molecule has 4 N–H and O–H groups in total. The van der Waals surface area contributed by atoms with Gasteiger partial charge in [0.15, 0.2) is 0 Å². The van der Waals surface area contributed by atoms with Crippen LogP contribution in [0.1, 0.15) is 25.3 Å². The first-order chi connectivity index (χ1) is 8.47. The molecule has 1 aromatic rings. The van der Waals surface area contributed by atoms with Crippen molar-refractivity contribution in [3.63, 3.8) is 0 Å². The summed E-state index contributed by atoms with van der Waals surface area (Å²) in [6, 6.07) is 6.49. The van der Waals surface area contributed by atoms with Crippen molar-refractivity contribution in [1.82, 2.24) is 0 Å². The van der Waals surface area contributed by atoms with Crippen LogP contribution in [-0.2, 0) is 4.79 Å². The van der Waals surface area contributed by atoms with Gasteiger partial charge in [-0.1, -0.05) is 25.5 Å². The Hall–Kier alpha value is -2.04. The van der Waals surface area contributed by atoms with Gasteiger partial charge >= 0.3 is 5.97 Å². The van der Waals surface area contributed by atoms with E-state index in [9.17, 15) is 9.90 Å². The highest BCUT2D eigenvalue weighted by Crippen LogP contribution is 2.19. The van der Waals surface area contributed by atoms with E-state index in [4.69, 9.17) is 11.1 Å². The van der Waals surface area contributed by atoms with Crippen molar-refractivity contribution in [2.75, 3.05) is 11.9 Å². The van der Waals surface area contributed by atoms with Gasteiger partial charge in [-0.2, -0.15) is 0 Å². The summed E-state index contributed by atoms with van der Waals surface area (Å²) in [5.74, 6) is -0.861. The zero-order chi connectivity index (χ0) is 13.7. The second-order valence-corrected chi connectivity index (χ2v) is 4.22. The zero-order valence-electron chi connectivity index (χ0n) is 10.7. The Morgan fingerprint density at radius 1 is 1.56 bits per heavy atom. The molecule has 1 aromatic carbocycles. The van der Waals surface area contributed by atoms with Crippen LogP contribution in [0.3, 0.4) is 0 Å². The number of hydrogen-bond donors (Lipinski definition) is 3. The third-order valence-corrected chi connectivity index (χ3v) is 2.88. The number of rotatable bonds is 6. The van der Waals surface area contributed by atoms with E-state index in [2.05, 4.69) is 0 Å². The van der Waals surface area contributed by atoms with Crippen LogP contribution in [0.2, 0.25) is 0 Å². The Labute approximate surface area is 107 Å². The van der Waals surface area contributed by atoms with Gasteiger partial charge in [-0.05, 0) is 18.6 Å². The minimum atomic E-state index is -0.840. The lowest BCUT2D eigenvalue weighted by molar-refractivity contribution is -0.138. The van der Waals surface area contributed by atoms with Crippen LogP contribution in [0, 0.1) is 5.41 Å². The third kappa shape index (κ3) is 3.23. The molecule has 1 rings (SSSR count). The van der Waals surface area contributed by atoms with Gasteiger partial charge in [-0.3, -0.25) is 5.41 Å². The van der Waals surface area contributed by atoms with Gasteiger partial charge in [0.2, 0.25) is 0 Å². The highest BCUT2D eigenvalue weighted by molar-refractivity contribution is 5.96. The van der Waals surface area contributed by atoms with E-state index in [-0.39, 0.29) is 5.84 Å². The second kappa shape index (κ2) is 6.05. The highest BCUT2D eigenvalue weighted by Gasteiger charge is 2.22. The smallest absolute Gasteiger partial charge is 0.326 e. The molecule has 0 saturated carbocycles. The number of likely N-dealkylation sites (N-methyl/N-ethyl adjacent to an activating group) is 1. The van der Waals surface area contributed by atoms with Gasteiger partial charge in [0.25, 0.3) is 0 Å². The molecule has 0 saturated heterocycles. The molecule has 18 heavy (non-hydrogen) atoms. The normalized spacial score (nSPS) is 11.9. The number of benzene rings is 1. The maximum absolute atomic E-state index is 11.2. The van der Waals surface area contributed by atoms with Gasteiger partial charge in [-0.25, -0.2) is 4.79 Å². The maximum Gasteiger partial charge on any atom is 0.326 e. The number of aliphatic carboxylic acids is 1. The molecular formula is C13H19N3O2. The number of nitrogen functional groups attached to an aromatic ring is 1. The molecule has 0 fully saturated rings. The summed E-state index contributed by atoms with van der Waals surface area (Å²) in [7, 11) is 1.74. The van der Waals surface area contributed by atoms with Crippen LogP contribution >= 0.6 is 0 Å². The van der Waals surface area contributed by atoms with Gasteiger partial charge < -0.3 is 15.7 Å². The SMILES string of the molecule is CCC[C@@H](C(=O)O)N(C)c1cccc(C(=N)N)c1. The van der Waals surface area contributed by atoms with Crippen molar-refractivity contribution in [3.8, 4) is 0 Å². The van der Waals surface area contributed by atoms with E-state index in [0.717, 1.165) is 12.1 Å². The summed E-state index contributed by atoms with van der Waals surface area (Å²) in [5.41, 5.74) is 6.78. The monoisotopic (exact) mass is 249 g/mol. The van der Waals surface area contributed by atoms with Crippen molar-refractivity contribution >= 4 is 17.5 Å². The van der Waals surface area contributed by atoms with Crippen LogP contribution in [0.25, 0.3) is 0 Å². The highest BCUT2D eigenvalue weighted by atomic mass is 16.4. The molecule has 0 amide bonds. The quantitative estimate of drug-likeness (QED) is 0.528. The lowest BCUT2D eigenvalue weighted by Gasteiger charge is -2.26. The number of nitrogens with one attached hydrogen (secondary N) is 1. The number of amidine groups is 1. The van der Waals surface area contributed by atoms with E-state index in [1.54, 1.807) is 30.1 Å². The van der Waals surface area contributed by atoms with Crippen molar-refractivity contribution in [2.45, 2.75) is 25.8 Å². The molecule has 0 aromatic heterocycles. The minimum absolute atomic E-state index is 0.0207. The molecule has 0 heterocycles. The zero-order valence-corrected chi connectivity index (χ0v) is 10.7. The first-order valence-corrected chi connectivity index (χ1v) is 5.87. The molecule has 1 atom stereocenters. The molecule has 0 aliphatic heterocycles. The number of nitrogens with zero attached hydrogens (tertiary/aromatic N) is 1. The van der Waals surface area contributed by atoms with E-state index >= 15 is 0 Å². The Morgan fingerprint density at radius 3 is 2.72 bits per heavy atom. The molecule has 0 radical (unpaired) electrons. The summed E-state index contributed by atoms with van der Waals surface area (Å²) < 4.78 is 0. The molecule has 0 aliphatic rings. The average Bonchev–Trinajstić information content (AvgIpc) is 2.35. The lowest BCUT2D eigenvalue weighted by Crippen LogP contribution is -2.38. The van der Waals surface area contributed by atoms with Crippen molar-refractivity contribution in [1.29, 1.82) is 5.41 Å². The topological polar surface area (TPSA) is 90.4 Å². The number of nitrogens with two attached hydrogens (primary N) is 1. The van der Waals surface area contributed by atoms with E-state index < -0.39 is 12.0 Å². The van der Waals surface area contributed by atoms with Gasteiger partial charge in [0.1, 0.15) is 11.9 Å². The molecular weight excluding hydrogens is 230 g/mol. The molecule has 0 aliphatic carbocycles. The fraction of sp³-hybridized carbons (Fsp3) is 0.385. The summed E-state index contributed by atoms with van der Waals surface area (Å²) in [6.45, 7) is 1.95. The summed E-state index contributed by atoms with van der Waals surface area (Å²) in [6.07, 6.45) is 1.38. The summed E-state index contributed by atoms with van der Waals surface area (Å²) >= 11 is 0. The van der Waals surface area contributed by atoms with Crippen LogP contribution in [-0.4, -0.2) is 30.0 Å². The van der Waals surface area contributed by atoms with Crippen LogP contribution < -0.4 is 10.6 Å². The largest absolute Gasteiger partial charge is 0.480 e.